The van der Waals surface area contributed by atoms with E-state index in [0.717, 1.165) is 0 Å². The third-order valence-corrected chi connectivity index (χ3v) is 4.59. The Morgan fingerprint density at radius 1 is 1.23 bits per heavy atom. The molecule has 0 aliphatic heterocycles. The van der Waals surface area contributed by atoms with E-state index < -0.39 is 15.8 Å². The topological polar surface area (TPSA) is 72.2 Å². The van der Waals surface area contributed by atoms with Crippen LogP contribution in [0.1, 0.15) is 11.5 Å². The van der Waals surface area contributed by atoms with Crippen molar-refractivity contribution in [2.75, 3.05) is 0 Å². The molecule has 0 fully saturated rings. The Morgan fingerprint density at radius 2 is 2.00 bits per heavy atom. The fraction of sp³-hybridized carbons (Fsp3) is 0.133. The molecule has 0 aliphatic carbocycles. The number of benzene rings is 2. The molecule has 0 unspecified atom stereocenters. The normalized spacial score (nSPS) is 11.9. The van der Waals surface area contributed by atoms with E-state index in [1.165, 1.54) is 24.3 Å². The Bertz CT molecular complexity index is 935. The summed E-state index contributed by atoms with van der Waals surface area (Å²) in [6, 6.07) is 10.4. The van der Waals surface area contributed by atoms with Crippen molar-refractivity contribution in [3.63, 3.8) is 0 Å². The third kappa shape index (κ3) is 2.86. The number of aromatic nitrogens is 1. The van der Waals surface area contributed by atoms with Crippen LogP contribution < -0.4 is 4.72 Å². The van der Waals surface area contributed by atoms with E-state index in [2.05, 4.69) is 9.71 Å². The number of hydrogen-bond donors (Lipinski definition) is 1. The van der Waals surface area contributed by atoms with Crippen molar-refractivity contribution in [3.8, 4) is 0 Å². The van der Waals surface area contributed by atoms with Gasteiger partial charge in [-0.3, -0.25) is 0 Å². The number of fused-ring (bicyclic) bond motifs is 1. The predicted molar refractivity (Wildman–Crippen MR) is 79.2 cm³/mol. The first-order chi connectivity index (χ1) is 10.5. The van der Waals surface area contributed by atoms with Gasteiger partial charge in [-0.1, -0.05) is 18.2 Å². The number of nitrogens with zero attached hydrogens (tertiary/aromatic N) is 1. The van der Waals surface area contributed by atoms with Crippen molar-refractivity contribution in [1.29, 1.82) is 0 Å². The predicted octanol–water partition coefficient (Wildman–Crippen LogP) is 2.75. The Labute approximate surface area is 126 Å². The molecule has 5 nitrogen and oxygen atoms in total. The lowest BCUT2D eigenvalue weighted by Gasteiger charge is -2.07. The number of aryl methyl sites for hydroxylation is 1. The number of rotatable bonds is 4. The molecule has 0 aliphatic rings. The second-order valence-electron chi connectivity index (χ2n) is 4.78. The first-order valence-electron chi connectivity index (χ1n) is 6.56. The van der Waals surface area contributed by atoms with Gasteiger partial charge in [-0.25, -0.2) is 22.5 Å². The number of hydrogen-bond acceptors (Lipinski definition) is 4. The van der Waals surface area contributed by atoms with Gasteiger partial charge in [0.25, 0.3) is 0 Å². The molecule has 0 amide bonds. The zero-order valence-electron chi connectivity index (χ0n) is 11.7. The molecular formula is C15H13FN2O3S. The average Bonchev–Trinajstić information content (AvgIpc) is 2.85. The smallest absolute Gasteiger partial charge is 0.241 e. The highest BCUT2D eigenvalue weighted by atomic mass is 32.2. The van der Waals surface area contributed by atoms with Crippen molar-refractivity contribution in [2.45, 2.75) is 18.4 Å². The number of nitrogens with one attached hydrogen (secondary N) is 1. The molecule has 22 heavy (non-hydrogen) atoms. The summed E-state index contributed by atoms with van der Waals surface area (Å²) >= 11 is 0. The van der Waals surface area contributed by atoms with Crippen molar-refractivity contribution in [2.24, 2.45) is 0 Å². The molecular weight excluding hydrogens is 307 g/mol. The molecule has 7 heteroatoms. The van der Waals surface area contributed by atoms with E-state index in [1.54, 1.807) is 25.1 Å². The van der Waals surface area contributed by atoms with Gasteiger partial charge in [0.05, 0.1) is 4.90 Å². The summed E-state index contributed by atoms with van der Waals surface area (Å²) in [5, 5.41) is 0. The van der Waals surface area contributed by atoms with Crippen LogP contribution in [0.4, 0.5) is 4.39 Å². The van der Waals surface area contributed by atoms with Crippen LogP contribution in [0.25, 0.3) is 11.1 Å². The van der Waals surface area contributed by atoms with Gasteiger partial charge in [0.1, 0.15) is 11.3 Å². The largest absolute Gasteiger partial charge is 0.441 e. The van der Waals surface area contributed by atoms with Gasteiger partial charge in [0, 0.05) is 25.1 Å². The van der Waals surface area contributed by atoms with Gasteiger partial charge in [0.15, 0.2) is 11.5 Å². The molecule has 1 N–H and O–H groups in total. The van der Waals surface area contributed by atoms with Crippen LogP contribution in [-0.4, -0.2) is 13.4 Å². The standard InChI is InChI=1S/C15H13FN2O3S/c1-10-18-14-7-6-12(8-15(14)21-10)22(19,20)17-9-11-4-2-3-5-13(11)16/h2-8,17H,9H2,1H3. The van der Waals surface area contributed by atoms with Crippen LogP contribution in [0.3, 0.4) is 0 Å². The fourth-order valence-corrected chi connectivity index (χ4v) is 3.11. The van der Waals surface area contributed by atoms with Gasteiger partial charge in [-0.05, 0) is 18.2 Å². The van der Waals surface area contributed by atoms with E-state index in [9.17, 15) is 12.8 Å². The summed E-state index contributed by atoms with van der Waals surface area (Å²) in [5.41, 5.74) is 1.26. The van der Waals surface area contributed by atoms with Gasteiger partial charge < -0.3 is 4.42 Å². The van der Waals surface area contributed by atoms with Crippen LogP contribution in [0, 0.1) is 12.7 Å². The van der Waals surface area contributed by atoms with E-state index in [1.807, 2.05) is 0 Å². The molecule has 0 bridgehead atoms. The highest BCUT2D eigenvalue weighted by Gasteiger charge is 2.16. The Balaban J connectivity index is 1.86. The lowest BCUT2D eigenvalue weighted by Crippen LogP contribution is -2.23. The minimum absolute atomic E-state index is 0.0486. The maximum Gasteiger partial charge on any atom is 0.241 e. The lowest BCUT2D eigenvalue weighted by molar-refractivity contribution is 0.558. The quantitative estimate of drug-likeness (QED) is 0.802. The zero-order chi connectivity index (χ0) is 15.7. The Kier molecular flexibility index (Phi) is 3.67. The molecule has 1 heterocycles. The van der Waals surface area contributed by atoms with Gasteiger partial charge >= 0.3 is 0 Å². The molecule has 0 saturated carbocycles. The first kappa shape index (κ1) is 14.7. The summed E-state index contributed by atoms with van der Waals surface area (Å²) in [6.45, 7) is 1.56. The van der Waals surface area contributed by atoms with E-state index in [-0.39, 0.29) is 17.0 Å². The van der Waals surface area contributed by atoms with Crippen LogP contribution >= 0.6 is 0 Å². The molecule has 0 radical (unpaired) electrons. The molecule has 3 rings (SSSR count). The molecule has 3 aromatic rings. The first-order valence-corrected chi connectivity index (χ1v) is 8.04. The van der Waals surface area contributed by atoms with Crippen molar-refractivity contribution in [1.82, 2.24) is 9.71 Å². The van der Waals surface area contributed by atoms with Crippen molar-refractivity contribution in [3.05, 3.63) is 59.7 Å². The summed E-state index contributed by atoms with van der Waals surface area (Å²) in [6.07, 6.45) is 0. The fourth-order valence-electron chi connectivity index (χ4n) is 2.09. The SMILES string of the molecule is Cc1nc2ccc(S(=O)(=O)NCc3ccccc3F)cc2o1. The Hall–Kier alpha value is -2.25. The summed E-state index contributed by atoms with van der Waals surface area (Å²) in [4.78, 5) is 4.16. The van der Waals surface area contributed by atoms with Gasteiger partial charge in [-0.15, -0.1) is 0 Å². The third-order valence-electron chi connectivity index (χ3n) is 3.19. The number of oxazole rings is 1. The molecule has 0 atom stereocenters. The van der Waals surface area contributed by atoms with Gasteiger partial charge in [-0.2, -0.15) is 0 Å². The summed E-state index contributed by atoms with van der Waals surface area (Å²) < 4.78 is 45.8. The number of halogens is 1. The van der Waals surface area contributed by atoms with E-state index in [4.69, 9.17) is 4.42 Å². The minimum atomic E-state index is -3.76. The monoisotopic (exact) mass is 320 g/mol. The van der Waals surface area contributed by atoms with Crippen molar-refractivity contribution >= 4 is 21.1 Å². The summed E-state index contributed by atoms with van der Waals surface area (Å²) in [5.74, 6) is 0.00961. The van der Waals surface area contributed by atoms with Crippen LogP contribution in [-0.2, 0) is 16.6 Å². The highest BCUT2D eigenvalue weighted by molar-refractivity contribution is 7.89. The van der Waals surface area contributed by atoms with E-state index in [0.29, 0.717) is 17.0 Å². The molecule has 1 aromatic heterocycles. The minimum Gasteiger partial charge on any atom is -0.441 e. The molecule has 2 aromatic carbocycles. The van der Waals surface area contributed by atoms with Crippen LogP contribution in [0.15, 0.2) is 51.8 Å². The van der Waals surface area contributed by atoms with Crippen molar-refractivity contribution < 1.29 is 17.2 Å². The Morgan fingerprint density at radius 3 is 2.77 bits per heavy atom. The zero-order valence-corrected chi connectivity index (χ0v) is 12.5. The maximum atomic E-state index is 13.5. The second kappa shape index (κ2) is 5.51. The van der Waals surface area contributed by atoms with Gasteiger partial charge in [0.2, 0.25) is 10.0 Å². The van der Waals surface area contributed by atoms with Crippen LogP contribution in [0.5, 0.6) is 0 Å². The average molecular weight is 320 g/mol. The lowest BCUT2D eigenvalue weighted by atomic mass is 10.2. The maximum absolute atomic E-state index is 13.5. The second-order valence-corrected chi connectivity index (χ2v) is 6.55. The van der Waals surface area contributed by atoms with Crippen LogP contribution in [0.2, 0.25) is 0 Å². The summed E-state index contributed by atoms with van der Waals surface area (Å²) in [7, 11) is -3.76. The molecule has 114 valence electrons. The highest BCUT2D eigenvalue weighted by Crippen LogP contribution is 2.20. The molecule has 0 spiro atoms. The molecule has 0 saturated heterocycles. The number of sulfonamides is 1. The van der Waals surface area contributed by atoms with E-state index >= 15 is 0 Å².